The molecule has 0 bridgehead atoms. The Kier molecular flexibility index (Phi) is 4.28. The highest BCUT2D eigenvalue weighted by molar-refractivity contribution is 6.30. The number of carbonyl (C=O) groups is 1. The molecule has 0 spiro atoms. The van der Waals surface area contributed by atoms with Crippen molar-refractivity contribution in [3.05, 3.63) is 83.1 Å². The molecule has 0 aliphatic heterocycles. The van der Waals surface area contributed by atoms with Crippen LogP contribution >= 0.6 is 11.6 Å². The van der Waals surface area contributed by atoms with E-state index in [1.807, 2.05) is 48.7 Å². The number of anilines is 1. The molecule has 1 N–H and O–H groups in total. The average molecular weight is 352 g/mol. The van der Waals surface area contributed by atoms with Crippen LogP contribution in [-0.4, -0.2) is 15.7 Å². The Morgan fingerprint density at radius 3 is 2.68 bits per heavy atom. The number of hydrogen-bond donors (Lipinski definition) is 1. The van der Waals surface area contributed by atoms with Crippen molar-refractivity contribution in [3.63, 3.8) is 0 Å². The summed E-state index contributed by atoms with van der Waals surface area (Å²) < 4.78 is 1.81. The summed E-state index contributed by atoms with van der Waals surface area (Å²) in [6.45, 7) is 0.642. The Bertz CT molecular complexity index is 873. The Morgan fingerprint density at radius 2 is 1.92 bits per heavy atom. The Labute approximate surface area is 151 Å². The van der Waals surface area contributed by atoms with E-state index in [-0.39, 0.29) is 11.8 Å². The van der Waals surface area contributed by atoms with Crippen molar-refractivity contribution < 1.29 is 4.79 Å². The van der Waals surface area contributed by atoms with Crippen LogP contribution in [0.4, 0.5) is 5.69 Å². The summed E-state index contributed by atoms with van der Waals surface area (Å²) in [6.07, 6.45) is 4.45. The summed E-state index contributed by atoms with van der Waals surface area (Å²) in [5.74, 6) is 0.465. The quantitative estimate of drug-likeness (QED) is 0.743. The van der Waals surface area contributed by atoms with Gasteiger partial charge in [-0.3, -0.25) is 9.48 Å². The zero-order valence-electron chi connectivity index (χ0n) is 13.6. The molecule has 2 atom stereocenters. The van der Waals surface area contributed by atoms with Gasteiger partial charge in [-0.05, 0) is 35.6 Å². The van der Waals surface area contributed by atoms with Crippen LogP contribution in [0.1, 0.15) is 23.5 Å². The molecule has 1 aromatic heterocycles. The van der Waals surface area contributed by atoms with Gasteiger partial charge in [0.25, 0.3) is 0 Å². The van der Waals surface area contributed by atoms with E-state index >= 15 is 0 Å². The van der Waals surface area contributed by atoms with Crippen LogP contribution in [0.15, 0.2) is 67.0 Å². The maximum atomic E-state index is 12.4. The van der Waals surface area contributed by atoms with Gasteiger partial charge in [-0.2, -0.15) is 5.10 Å². The third kappa shape index (κ3) is 3.74. The second kappa shape index (κ2) is 6.73. The van der Waals surface area contributed by atoms with Crippen LogP contribution in [0.2, 0.25) is 5.02 Å². The van der Waals surface area contributed by atoms with Gasteiger partial charge in [0, 0.05) is 17.1 Å². The van der Waals surface area contributed by atoms with E-state index in [4.69, 9.17) is 11.6 Å². The fraction of sp³-hybridized carbons (Fsp3) is 0.200. The maximum absolute atomic E-state index is 12.4. The lowest BCUT2D eigenvalue weighted by atomic mass is 10.1. The van der Waals surface area contributed by atoms with Gasteiger partial charge in [-0.1, -0.05) is 54.1 Å². The minimum atomic E-state index is 0.0574. The minimum absolute atomic E-state index is 0.0574. The van der Waals surface area contributed by atoms with E-state index < -0.39 is 0 Å². The molecule has 2 unspecified atom stereocenters. The number of hydrogen-bond acceptors (Lipinski definition) is 2. The molecule has 1 aliphatic rings. The first kappa shape index (κ1) is 15.9. The molecule has 5 heteroatoms. The highest BCUT2D eigenvalue weighted by atomic mass is 35.5. The number of nitrogens with zero attached hydrogens (tertiary/aromatic N) is 2. The van der Waals surface area contributed by atoms with Gasteiger partial charge in [-0.15, -0.1) is 0 Å². The van der Waals surface area contributed by atoms with E-state index in [1.54, 1.807) is 10.9 Å². The topological polar surface area (TPSA) is 46.9 Å². The standard InChI is InChI=1S/C20H18ClN3O/c21-16-8-6-14(7-9-16)12-24-13-17(11-22-24)23-20(25)19-10-18(19)15-4-2-1-3-5-15/h1-9,11,13,18-19H,10,12H2,(H,23,25). The van der Waals surface area contributed by atoms with E-state index in [1.165, 1.54) is 5.56 Å². The lowest BCUT2D eigenvalue weighted by Gasteiger charge is -2.03. The largest absolute Gasteiger partial charge is 0.323 e. The first-order valence-corrected chi connectivity index (χ1v) is 8.69. The predicted molar refractivity (Wildman–Crippen MR) is 98.7 cm³/mol. The van der Waals surface area contributed by atoms with Crippen molar-refractivity contribution in [2.24, 2.45) is 5.92 Å². The molecule has 1 amide bonds. The highest BCUT2D eigenvalue weighted by Crippen LogP contribution is 2.47. The average Bonchev–Trinajstić information content (AvgIpc) is 3.33. The van der Waals surface area contributed by atoms with Gasteiger partial charge in [0.1, 0.15) is 0 Å². The van der Waals surface area contributed by atoms with Crippen LogP contribution in [0.25, 0.3) is 0 Å². The van der Waals surface area contributed by atoms with Crippen LogP contribution in [0, 0.1) is 5.92 Å². The molecule has 0 saturated heterocycles. The summed E-state index contributed by atoms with van der Waals surface area (Å²) in [4.78, 5) is 12.4. The SMILES string of the molecule is O=C(Nc1cnn(Cc2ccc(Cl)cc2)c1)C1CC1c1ccccc1. The fourth-order valence-corrected chi connectivity index (χ4v) is 3.21. The van der Waals surface area contributed by atoms with Crippen molar-refractivity contribution in [2.75, 3.05) is 5.32 Å². The highest BCUT2D eigenvalue weighted by Gasteiger charge is 2.43. The van der Waals surface area contributed by atoms with Gasteiger partial charge in [-0.25, -0.2) is 0 Å². The van der Waals surface area contributed by atoms with Crippen molar-refractivity contribution in [1.29, 1.82) is 0 Å². The second-order valence-corrected chi connectivity index (χ2v) is 6.84. The fourth-order valence-electron chi connectivity index (χ4n) is 3.08. The van der Waals surface area contributed by atoms with Crippen LogP contribution in [0.3, 0.4) is 0 Å². The number of rotatable bonds is 5. The van der Waals surface area contributed by atoms with E-state index in [0.717, 1.165) is 22.7 Å². The Balaban J connectivity index is 1.35. The molecule has 1 heterocycles. The lowest BCUT2D eigenvalue weighted by Crippen LogP contribution is -2.14. The summed E-state index contributed by atoms with van der Waals surface area (Å²) in [5, 5.41) is 8.01. The molecule has 1 aliphatic carbocycles. The van der Waals surface area contributed by atoms with E-state index in [9.17, 15) is 4.79 Å². The van der Waals surface area contributed by atoms with Crippen LogP contribution in [0.5, 0.6) is 0 Å². The number of nitrogens with one attached hydrogen (secondary N) is 1. The molecule has 0 radical (unpaired) electrons. The van der Waals surface area contributed by atoms with E-state index in [2.05, 4.69) is 22.5 Å². The number of carbonyl (C=O) groups excluding carboxylic acids is 1. The third-order valence-corrected chi connectivity index (χ3v) is 4.77. The first-order valence-electron chi connectivity index (χ1n) is 8.32. The zero-order chi connectivity index (χ0) is 17.2. The summed E-state index contributed by atoms with van der Waals surface area (Å²) >= 11 is 5.90. The monoisotopic (exact) mass is 351 g/mol. The van der Waals surface area contributed by atoms with Crippen molar-refractivity contribution in [1.82, 2.24) is 9.78 Å². The molecule has 25 heavy (non-hydrogen) atoms. The number of halogens is 1. The molecular weight excluding hydrogens is 334 g/mol. The van der Waals surface area contributed by atoms with Crippen molar-refractivity contribution in [3.8, 4) is 0 Å². The van der Waals surface area contributed by atoms with Gasteiger partial charge in [0.2, 0.25) is 5.91 Å². The minimum Gasteiger partial charge on any atom is -0.323 e. The number of aromatic nitrogens is 2. The van der Waals surface area contributed by atoms with Crippen molar-refractivity contribution >= 4 is 23.2 Å². The number of benzene rings is 2. The molecule has 1 saturated carbocycles. The molecule has 3 aromatic rings. The zero-order valence-corrected chi connectivity index (χ0v) is 14.4. The molecule has 2 aromatic carbocycles. The van der Waals surface area contributed by atoms with Gasteiger partial charge < -0.3 is 5.32 Å². The van der Waals surface area contributed by atoms with Crippen LogP contribution in [-0.2, 0) is 11.3 Å². The van der Waals surface area contributed by atoms with Gasteiger partial charge in [0.05, 0.1) is 18.4 Å². The molecule has 1 fully saturated rings. The van der Waals surface area contributed by atoms with Gasteiger partial charge >= 0.3 is 0 Å². The molecule has 4 nitrogen and oxygen atoms in total. The second-order valence-electron chi connectivity index (χ2n) is 6.40. The molecular formula is C20H18ClN3O. The Morgan fingerprint density at radius 1 is 1.16 bits per heavy atom. The van der Waals surface area contributed by atoms with E-state index in [0.29, 0.717) is 12.5 Å². The molecule has 4 rings (SSSR count). The smallest absolute Gasteiger partial charge is 0.228 e. The third-order valence-electron chi connectivity index (χ3n) is 4.51. The maximum Gasteiger partial charge on any atom is 0.228 e. The summed E-state index contributed by atoms with van der Waals surface area (Å²) in [5.41, 5.74) is 3.08. The van der Waals surface area contributed by atoms with Crippen molar-refractivity contribution in [2.45, 2.75) is 18.9 Å². The lowest BCUT2D eigenvalue weighted by molar-refractivity contribution is -0.117. The van der Waals surface area contributed by atoms with Gasteiger partial charge in [0.15, 0.2) is 0 Å². The van der Waals surface area contributed by atoms with Crippen LogP contribution < -0.4 is 5.32 Å². The Hall–Kier alpha value is -2.59. The molecule has 126 valence electrons. The predicted octanol–water partition coefficient (Wildman–Crippen LogP) is 4.33. The number of amides is 1. The normalized spacial score (nSPS) is 18.8. The first-order chi connectivity index (χ1) is 12.2. The summed E-state index contributed by atoms with van der Waals surface area (Å²) in [6, 6.07) is 17.9. The summed E-state index contributed by atoms with van der Waals surface area (Å²) in [7, 11) is 0.